The SMILES string of the molecule is CC(=O)[C@@H]1OC[C@@H]2[C@H](C[C@H]3C[C@@H]2C3(C)C)O1. The Hall–Kier alpha value is -0.410. The van der Waals surface area contributed by atoms with Gasteiger partial charge < -0.3 is 9.47 Å². The van der Waals surface area contributed by atoms with E-state index in [2.05, 4.69) is 13.8 Å². The molecule has 0 aromatic rings. The molecule has 0 unspecified atom stereocenters. The highest BCUT2D eigenvalue weighted by Crippen LogP contribution is 2.62. The third kappa shape index (κ3) is 1.31. The molecule has 0 aromatic carbocycles. The summed E-state index contributed by atoms with van der Waals surface area (Å²) >= 11 is 0. The Bertz CT molecular complexity index is 323. The summed E-state index contributed by atoms with van der Waals surface area (Å²) < 4.78 is 11.3. The van der Waals surface area contributed by atoms with E-state index in [1.54, 1.807) is 6.92 Å². The lowest BCUT2D eigenvalue weighted by Crippen LogP contribution is -2.62. The number of hydrogen-bond donors (Lipinski definition) is 0. The first-order valence-electron chi connectivity index (χ1n) is 6.27. The number of ketones is 1. The van der Waals surface area contributed by atoms with E-state index in [4.69, 9.17) is 9.47 Å². The topological polar surface area (TPSA) is 35.5 Å². The van der Waals surface area contributed by atoms with Crippen molar-refractivity contribution < 1.29 is 14.3 Å². The van der Waals surface area contributed by atoms with Crippen LogP contribution in [0.2, 0.25) is 0 Å². The largest absolute Gasteiger partial charge is 0.346 e. The van der Waals surface area contributed by atoms with Crippen molar-refractivity contribution in [2.45, 2.75) is 46.0 Å². The van der Waals surface area contributed by atoms with E-state index >= 15 is 0 Å². The van der Waals surface area contributed by atoms with Gasteiger partial charge in [0.25, 0.3) is 0 Å². The first-order valence-corrected chi connectivity index (χ1v) is 6.27. The summed E-state index contributed by atoms with van der Waals surface area (Å²) in [5.41, 5.74) is 0.455. The molecule has 1 aliphatic heterocycles. The van der Waals surface area contributed by atoms with Crippen LogP contribution in [0.4, 0.5) is 0 Å². The summed E-state index contributed by atoms with van der Waals surface area (Å²) in [4.78, 5) is 11.2. The quantitative estimate of drug-likeness (QED) is 0.683. The van der Waals surface area contributed by atoms with Crippen molar-refractivity contribution >= 4 is 5.78 Å². The average Bonchev–Trinajstić information content (AvgIpc) is 2.27. The maximum absolute atomic E-state index is 11.2. The molecule has 1 heterocycles. The van der Waals surface area contributed by atoms with Crippen molar-refractivity contribution in [3.8, 4) is 0 Å². The number of carbonyl (C=O) groups is 1. The molecular formula is C13H20O3. The van der Waals surface area contributed by atoms with Crippen LogP contribution in [-0.4, -0.2) is 24.8 Å². The Morgan fingerprint density at radius 1 is 1.31 bits per heavy atom. The van der Waals surface area contributed by atoms with Gasteiger partial charge in [-0.25, -0.2) is 0 Å². The molecule has 3 nitrogen and oxygen atoms in total. The fourth-order valence-electron chi connectivity index (χ4n) is 3.89. The zero-order valence-electron chi connectivity index (χ0n) is 10.2. The zero-order chi connectivity index (χ0) is 11.5. The summed E-state index contributed by atoms with van der Waals surface area (Å²) in [5.74, 6) is 2.01. The van der Waals surface area contributed by atoms with Crippen LogP contribution >= 0.6 is 0 Å². The summed E-state index contributed by atoms with van der Waals surface area (Å²) in [6.07, 6.45) is 2.11. The molecule has 2 bridgehead atoms. The highest BCUT2D eigenvalue weighted by atomic mass is 16.7. The van der Waals surface area contributed by atoms with Gasteiger partial charge in [-0.1, -0.05) is 13.8 Å². The molecule has 4 fully saturated rings. The molecule has 16 heavy (non-hydrogen) atoms. The van der Waals surface area contributed by atoms with Crippen molar-refractivity contribution in [1.29, 1.82) is 0 Å². The first-order chi connectivity index (χ1) is 7.50. The minimum Gasteiger partial charge on any atom is -0.346 e. The maximum Gasteiger partial charge on any atom is 0.217 e. The van der Waals surface area contributed by atoms with Gasteiger partial charge in [-0.05, 0) is 37.0 Å². The van der Waals surface area contributed by atoms with Crippen LogP contribution in [0.1, 0.15) is 33.6 Å². The van der Waals surface area contributed by atoms with Gasteiger partial charge >= 0.3 is 0 Å². The standard InChI is InChI=1S/C13H20O3/c1-7(14)12-15-6-9-10-4-8(13(10,2)3)5-11(9)16-12/h8-12H,4-6H2,1-3H3/t8-,9+,10+,11+,12-/m1/s1. The fraction of sp³-hybridized carbons (Fsp3) is 0.923. The number of carbonyl (C=O) groups excluding carboxylic acids is 1. The fourth-order valence-corrected chi connectivity index (χ4v) is 3.89. The number of hydrogen-bond acceptors (Lipinski definition) is 3. The number of rotatable bonds is 1. The number of ether oxygens (including phenoxy) is 2. The minimum atomic E-state index is -0.595. The van der Waals surface area contributed by atoms with Gasteiger partial charge in [0.2, 0.25) is 6.29 Å². The van der Waals surface area contributed by atoms with Crippen molar-refractivity contribution in [3.05, 3.63) is 0 Å². The molecule has 0 N–H and O–H groups in total. The summed E-state index contributed by atoms with van der Waals surface area (Å²) in [6.45, 7) is 6.96. The molecule has 3 aliphatic carbocycles. The second kappa shape index (κ2) is 3.30. The van der Waals surface area contributed by atoms with Crippen LogP contribution in [0.5, 0.6) is 0 Å². The lowest BCUT2D eigenvalue weighted by molar-refractivity contribution is -0.286. The van der Waals surface area contributed by atoms with Crippen LogP contribution in [-0.2, 0) is 14.3 Å². The highest BCUT2D eigenvalue weighted by Gasteiger charge is 2.59. The average molecular weight is 224 g/mol. The first kappa shape index (κ1) is 10.7. The summed E-state index contributed by atoms with van der Waals surface area (Å²) in [7, 11) is 0. The molecule has 1 saturated heterocycles. The monoisotopic (exact) mass is 224 g/mol. The van der Waals surface area contributed by atoms with E-state index in [-0.39, 0.29) is 11.9 Å². The normalized spacial score (nSPS) is 49.1. The molecule has 4 rings (SSSR count). The van der Waals surface area contributed by atoms with Gasteiger partial charge in [0.05, 0.1) is 12.7 Å². The zero-order valence-corrected chi connectivity index (χ0v) is 10.2. The van der Waals surface area contributed by atoms with Gasteiger partial charge in [0.15, 0.2) is 5.78 Å². The van der Waals surface area contributed by atoms with E-state index in [0.29, 0.717) is 17.9 Å². The predicted molar refractivity (Wildman–Crippen MR) is 58.8 cm³/mol. The molecule has 4 aliphatic rings. The van der Waals surface area contributed by atoms with Crippen molar-refractivity contribution in [2.24, 2.45) is 23.2 Å². The molecule has 5 atom stereocenters. The molecule has 3 heteroatoms. The van der Waals surface area contributed by atoms with E-state index in [9.17, 15) is 4.79 Å². The molecule has 90 valence electrons. The highest BCUT2D eigenvalue weighted by molar-refractivity contribution is 5.79. The van der Waals surface area contributed by atoms with Gasteiger partial charge in [0.1, 0.15) is 0 Å². The van der Waals surface area contributed by atoms with Crippen molar-refractivity contribution in [1.82, 2.24) is 0 Å². The van der Waals surface area contributed by atoms with Gasteiger partial charge in [-0.15, -0.1) is 0 Å². The smallest absolute Gasteiger partial charge is 0.217 e. The van der Waals surface area contributed by atoms with E-state index in [1.165, 1.54) is 6.42 Å². The Labute approximate surface area is 96.5 Å². The Morgan fingerprint density at radius 3 is 2.69 bits per heavy atom. The second-order valence-electron chi connectivity index (χ2n) is 6.21. The number of Topliss-reactive ketones (excluding diaryl/α,β-unsaturated/α-hetero) is 1. The summed E-state index contributed by atoms with van der Waals surface area (Å²) in [5, 5.41) is 0. The van der Waals surface area contributed by atoms with Crippen LogP contribution in [0.3, 0.4) is 0 Å². The molecular weight excluding hydrogens is 204 g/mol. The van der Waals surface area contributed by atoms with Crippen molar-refractivity contribution in [2.75, 3.05) is 6.61 Å². The van der Waals surface area contributed by atoms with Crippen LogP contribution in [0.15, 0.2) is 0 Å². The van der Waals surface area contributed by atoms with E-state index in [1.807, 2.05) is 0 Å². The molecule has 0 spiro atoms. The predicted octanol–water partition coefficient (Wildman–Crippen LogP) is 2.00. The van der Waals surface area contributed by atoms with Gasteiger partial charge in [-0.2, -0.15) is 0 Å². The molecule has 0 aromatic heterocycles. The third-order valence-electron chi connectivity index (χ3n) is 5.13. The molecule has 3 saturated carbocycles. The lowest BCUT2D eigenvalue weighted by Gasteiger charge is -2.63. The van der Waals surface area contributed by atoms with E-state index < -0.39 is 6.29 Å². The summed E-state index contributed by atoms with van der Waals surface area (Å²) in [6, 6.07) is 0. The molecule has 0 radical (unpaired) electrons. The van der Waals surface area contributed by atoms with Crippen LogP contribution < -0.4 is 0 Å². The second-order valence-corrected chi connectivity index (χ2v) is 6.21. The lowest BCUT2D eigenvalue weighted by atomic mass is 9.45. The third-order valence-corrected chi connectivity index (χ3v) is 5.13. The Morgan fingerprint density at radius 2 is 2.06 bits per heavy atom. The Balaban J connectivity index is 1.74. The van der Waals surface area contributed by atoms with Gasteiger partial charge in [-0.3, -0.25) is 4.79 Å². The maximum atomic E-state index is 11.2. The van der Waals surface area contributed by atoms with Gasteiger partial charge in [0, 0.05) is 5.92 Å². The minimum absolute atomic E-state index is 0.00282. The molecule has 0 amide bonds. The van der Waals surface area contributed by atoms with Crippen LogP contribution in [0, 0.1) is 23.2 Å². The van der Waals surface area contributed by atoms with Crippen LogP contribution in [0.25, 0.3) is 0 Å². The van der Waals surface area contributed by atoms with Crippen molar-refractivity contribution in [3.63, 3.8) is 0 Å². The van der Waals surface area contributed by atoms with E-state index in [0.717, 1.165) is 18.3 Å². The Kier molecular flexibility index (Phi) is 2.21.